The summed E-state index contributed by atoms with van der Waals surface area (Å²) in [5, 5.41) is 8.43. The van der Waals surface area contributed by atoms with Crippen LogP contribution in [0.25, 0.3) is 0 Å². The predicted molar refractivity (Wildman–Crippen MR) is 44.6 cm³/mol. The van der Waals surface area contributed by atoms with Crippen molar-refractivity contribution >= 4 is 12.4 Å². The molecule has 1 nitrogen and oxygen atoms in total. The van der Waals surface area contributed by atoms with E-state index in [-0.39, 0.29) is 56.9 Å². The number of nitrogens with zero attached hydrogens (tertiary/aromatic N) is 1. The Kier molecular flexibility index (Phi) is 5.41. The van der Waals surface area contributed by atoms with E-state index in [1.807, 2.05) is 0 Å². The van der Waals surface area contributed by atoms with E-state index < -0.39 is 12.4 Å². The van der Waals surface area contributed by atoms with Crippen molar-refractivity contribution < 1.29 is 64.3 Å². The Morgan fingerprint density at radius 1 is 1.29 bits per heavy atom. The third-order valence-electron chi connectivity index (χ3n) is 1.68. The molecule has 0 amide bonds. The van der Waals surface area contributed by atoms with E-state index in [4.69, 9.17) is 5.26 Å². The summed E-state index contributed by atoms with van der Waals surface area (Å²) in [5.41, 5.74) is -0.603. The maximum Gasteiger partial charge on any atom is 1.00 e. The molecule has 0 aliphatic carbocycles. The van der Waals surface area contributed by atoms with Crippen LogP contribution in [0.2, 0.25) is 0 Å². The molecular weight excluding hydrogens is 217 g/mol. The second kappa shape index (κ2) is 5.33. The van der Waals surface area contributed by atoms with Gasteiger partial charge in [-0.2, -0.15) is 5.26 Å². The van der Waals surface area contributed by atoms with E-state index in [1.165, 1.54) is 18.2 Å². The van der Waals surface area contributed by atoms with Crippen LogP contribution in [0.1, 0.15) is 11.1 Å². The molecule has 68 valence electrons. The van der Waals surface area contributed by atoms with Gasteiger partial charge in [-0.25, -0.2) is 0 Å². The zero-order valence-electron chi connectivity index (χ0n) is 7.89. The van der Waals surface area contributed by atoms with Crippen LogP contribution in [0, 0.1) is 18.3 Å². The minimum absolute atomic E-state index is 0. The van der Waals surface area contributed by atoms with Crippen LogP contribution in [0.15, 0.2) is 18.2 Å². The van der Waals surface area contributed by atoms with E-state index in [1.54, 1.807) is 6.92 Å². The number of hydrogen-bond acceptors (Lipinski definition) is 1. The second-order valence-electron chi connectivity index (χ2n) is 2.78. The molecule has 0 radical (unpaired) electrons. The van der Waals surface area contributed by atoms with Crippen LogP contribution in [-0.4, -0.2) is 6.98 Å². The van der Waals surface area contributed by atoms with Gasteiger partial charge in [-0.3, -0.25) is 0 Å². The molecule has 6 heteroatoms. The van der Waals surface area contributed by atoms with Crippen LogP contribution >= 0.6 is 0 Å². The zero-order chi connectivity index (χ0) is 10.1. The fourth-order valence-electron chi connectivity index (χ4n) is 1.05. The first-order valence-electron chi connectivity index (χ1n) is 3.65. The van der Waals surface area contributed by atoms with Gasteiger partial charge in [0.25, 0.3) is 0 Å². The van der Waals surface area contributed by atoms with Gasteiger partial charge in [0.1, 0.15) is 0 Å². The summed E-state index contributed by atoms with van der Waals surface area (Å²) in [6.07, 6.45) is 0. The van der Waals surface area contributed by atoms with Crippen molar-refractivity contribution in [3.63, 3.8) is 0 Å². The molecule has 0 atom stereocenters. The Labute approximate surface area is 123 Å². The molecule has 0 aliphatic rings. The van der Waals surface area contributed by atoms with Gasteiger partial charge in [-0.05, 0) is 13.0 Å². The summed E-state index contributed by atoms with van der Waals surface area (Å²) in [4.78, 5) is 0. The number of halogens is 3. The molecule has 0 aromatic heterocycles. The molecule has 0 spiro atoms. The summed E-state index contributed by atoms with van der Waals surface area (Å²) >= 11 is 0. The number of hydrogen-bond donors (Lipinski definition) is 0. The first-order valence-corrected chi connectivity index (χ1v) is 3.65. The van der Waals surface area contributed by atoms with E-state index in [2.05, 4.69) is 0 Å². The molecule has 1 rings (SSSR count). The topological polar surface area (TPSA) is 23.8 Å². The van der Waals surface area contributed by atoms with Crippen LogP contribution in [0.5, 0.6) is 0 Å². The predicted octanol–water partition coefficient (Wildman–Crippen LogP) is -1.07. The van der Waals surface area contributed by atoms with E-state index in [0.717, 1.165) is 6.07 Å². The van der Waals surface area contributed by atoms with E-state index >= 15 is 0 Å². The average Bonchev–Trinajstić information content (AvgIpc) is 2.03. The smallest absolute Gasteiger partial charge is 0.445 e. The Morgan fingerprint density at radius 3 is 2.29 bits per heavy atom. The monoisotopic (exact) mass is 223 g/mol. The average molecular weight is 223 g/mol. The van der Waals surface area contributed by atoms with Gasteiger partial charge in [0, 0.05) is 5.56 Å². The third-order valence-corrected chi connectivity index (χ3v) is 1.68. The molecule has 0 bridgehead atoms. The molecule has 1 aromatic carbocycles. The molecule has 0 fully saturated rings. The molecule has 0 saturated heterocycles. The maximum absolute atomic E-state index is 12.3. The summed E-state index contributed by atoms with van der Waals surface area (Å²) in [7, 11) is 0. The van der Waals surface area contributed by atoms with Gasteiger partial charge >= 0.3 is 58.4 Å². The van der Waals surface area contributed by atoms with Crippen LogP contribution < -0.4 is 56.8 Å². The van der Waals surface area contributed by atoms with E-state index in [0.29, 0.717) is 5.56 Å². The van der Waals surface area contributed by atoms with Crippen molar-refractivity contribution in [1.82, 2.24) is 0 Å². The fourth-order valence-corrected chi connectivity index (χ4v) is 1.05. The van der Waals surface area contributed by atoms with Crippen molar-refractivity contribution in [3.05, 3.63) is 29.3 Å². The Bertz CT molecular complexity index is 370. The summed E-state index contributed by atoms with van der Waals surface area (Å²) in [5.74, 6) is 0. The maximum atomic E-state index is 12.3. The summed E-state index contributed by atoms with van der Waals surface area (Å²) in [6.45, 7) is -3.52. The molecule has 1 aromatic rings. The van der Waals surface area contributed by atoms with Gasteiger partial charge < -0.3 is 12.9 Å². The molecule has 0 unspecified atom stereocenters. The SMILES string of the molecule is Cc1ccc(C#N)c([B-](F)(F)F)c1.[K+]. The number of benzene rings is 1. The third kappa shape index (κ3) is 3.41. The van der Waals surface area contributed by atoms with Gasteiger partial charge in [0.2, 0.25) is 0 Å². The van der Waals surface area contributed by atoms with Crippen molar-refractivity contribution in [1.29, 1.82) is 5.26 Å². The van der Waals surface area contributed by atoms with Crippen molar-refractivity contribution in [2.45, 2.75) is 6.92 Å². The number of rotatable bonds is 1. The molecular formula is C8H6BF3KN. The molecule has 0 saturated carbocycles. The molecule has 0 aliphatic heterocycles. The Balaban J connectivity index is 0.00000169. The minimum Gasteiger partial charge on any atom is -0.445 e. The van der Waals surface area contributed by atoms with Crippen LogP contribution in [0.3, 0.4) is 0 Å². The molecule has 14 heavy (non-hydrogen) atoms. The Hall–Kier alpha value is 0.201. The molecule has 0 heterocycles. The quantitative estimate of drug-likeness (QED) is 0.556. The summed E-state index contributed by atoms with van der Waals surface area (Å²) in [6, 6.07) is 5.21. The van der Waals surface area contributed by atoms with E-state index in [9.17, 15) is 12.9 Å². The molecule has 0 N–H and O–H groups in total. The van der Waals surface area contributed by atoms with Crippen molar-refractivity contribution in [3.8, 4) is 6.07 Å². The fraction of sp³-hybridized carbons (Fsp3) is 0.125. The van der Waals surface area contributed by atoms with Crippen molar-refractivity contribution in [2.24, 2.45) is 0 Å². The Morgan fingerprint density at radius 2 is 1.86 bits per heavy atom. The van der Waals surface area contributed by atoms with Gasteiger partial charge in [0.15, 0.2) is 0 Å². The zero-order valence-corrected chi connectivity index (χ0v) is 11.0. The normalized spacial score (nSPS) is 10.2. The summed E-state index contributed by atoms with van der Waals surface area (Å²) < 4.78 is 37.0. The van der Waals surface area contributed by atoms with Crippen molar-refractivity contribution in [2.75, 3.05) is 0 Å². The van der Waals surface area contributed by atoms with Crippen LogP contribution in [0.4, 0.5) is 12.9 Å². The number of aryl methyl sites for hydroxylation is 1. The van der Waals surface area contributed by atoms with Gasteiger partial charge in [0.05, 0.1) is 6.07 Å². The largest absolute Gasteiger partial charge is 1.00 e. The minimum atomic E-state index is -5.08. The van der Waals surface area contributed by atoms with Crippen LogP contribution in [-0.2, 0) is 0 Å². The second-order valence-corrected chi connectivity index (χ2v) is 2.78. The first kappa shape index (κ1) is 14.2. The standard InChI is InChI=1S/C8H6BF3N.K/c1-6-2-3-7(5-13)8(4-6)9(10,11)12;/h2-4H,1H3;/q-1;+1. The van der Waals surface area contributed by atoms with Gasteiger partial charge in [-0.1, -0.05) is 23.2 Å². The number of nitriles is 1. The van der Waals surface area contributed by atoms with Gasteiger partial charge in [-0.15, -0.1) is 0 Å². The first-order chi connectivity index (χ1) is 5.95.